The fourth-order valence-electron chi connectivity index (χ4n) is 4.13. The maximum Gasteiger partial charge on any atom is 0.0449 e. The molecule has 1 saturated carbocycles. The quantitative estimate of drug-likeness (QED) is 0.658. The molecule has 1 fully saturated rings. The molecule has 1 aliphatic heterocycles. The molecule has 1 aliphatic carbocycles. The molecule has 1 heterocycles. The van der Waals surface area contributed by atoms with E-state index in [1.54, 1.807) is 0 Å². The van der Waals surface area contributed by atoms with Crippen molar-refractivity contribution in [2.45, 2.75) is 31.1 Å². The summed E-state index contributed by atoms with van der Waals surface area (Å²) in [6, 6.07) is 17.9. The summed E-state index contributed by atoms with van der Waals surface area (Å²) in [4.78, 5) is 2.36. The normalized spacial score (nSPS) is 19.3. The predicted molar refractivity (Wildman–Crippen MR) is 80.2 cm³/mol. The average molecular weight is 249 g/mol. The second kappa shape index (κ2) is 3.86. The molecule has 0 unspecified atom stereocenters. The topological polar surface area (TPSA) is 3.24 Å². The summed E-state index contributed by atoms with van der Waals surface area (Å²) in [6.45, 7) is 0. The van der Waals surface area contributed by atoms with Gasteiger partial charge in [-0.1, -0.05) is 49.2 Å². The molecule has 0 aromatic heterocycles. The second-order valence-corrected chi connectivity index (χ2v) is 5.88. The lowest BCUT2D eigenvalue weighted by Gasteiger charge is -2.42. The number of fused-ring (bicyclic) bond motifs is 4. The van der Waals surface area contributed by atoms with E-state index in [2.05, 4.69) is 60.5 Å². The highest BCUT2D eigenvalue weighted by Gasteiger charge is 2.43. The Bertz CT molecular complexity index is 574. The summed E-state index contributed by atoms with van der Waals surface area (Å²) in [6.07, 6.45) is 5.31. The van der Waals surface area contributed by atoms with Gasteiger partial charge < -0.3 is 4.90 Å². The van der Waals surface area contributed by atoms with Crippen molar-refractivity contribution >= 4 is 11.4 Å². The number of hydrogen-bond donors (Lipinski definition) is 0. The average Bonchev–Trinajstić information content (AvgIpc) is 2.96. The van der Waals surface area contributed by atoms with Gasteiger partial charge in [0.05, 0.1) is 0 Å². The van der Waals surface area contributed by atoms with Crippen LogP contribution in [0.4, 0.5) is 11.4 Å². The van der Waals surface area contributed by atoms with Crippen LogP contribution in [0.1, 0.15) is 36.8 Å². The summed E-state index contributed by atoms with van der Waals surface area (Å²) in [5.41, 5.74) is 6.13. The molecule has 1 nitrogen and oxygen atoms in total. The van der Waals surface area contributed by atoms with Crippen molar-refractivity contribution in [3.05, 3.63) is 59.7 Å². The number of hydrogen-bond acceptors (Lipinski definition) is 1. The Hall–Kier alpha value is -1.76. The molecule has 96 valence electrons. The third-order valence-electron chi connectivity index (χ3n) is 5.02. The zero-order valence-corrected chi connectivity index (χ0v) is 11.4. The van der Waals surface area contributed by atoms with Crippen LogP contribution in [0.2, 0.25) is 0 Å². The van der Waals surface area contributed by atoms with Gasteiger partial charge in [-0.2, -0.15) is 0 Å². The first kappa shape index (κ1) is 11.1. The second-order valence-electron chi connectivity index (χ2n) is 5.88. The lowest BCUT2D eigenvalue weighted by molar-refractivity contribution is 0.528. The molecule has 1 spiro atoms. The predicted octanol–water partition coefficient (Wildman–Crippen LogP) is 4.63. The zero-order chi connectivity index (χ0) is 12.9. The Labute approximate surface area is 114 Å². The maximum atomic E-state index is 2.36. The minimum absolute atomic E-state index is 0.277. The lowest BCUT2D eigenvalue weighted by atomic mass is 9.69. The molecule has 19 heavy (non-hydrogen) atoms. The molecule has 0 saturated heterocycles. The Morgan fingerprint density at radius 1 is 0.789 bits per heavy atom. The van der Waals surface area contributed by atoms with Crippen molar-refractivity contribution in [1.82, 2.24) is 0 Å². The first-order valence-corrected chi connectivity index (χ1v) is 7.26. The van der Waals surface area contributed by atoms with Gasteiger partial charge in [-0.15, -0.1) is 0 Å². The maximum absolute atomic E-state index is 2.36. The van der Waals surface area contributed by atoms with Gasteiger partial charge in [0.2, 0.25) is 0 Å². The summed E-state index contributed by atoms with van der Waals surface area (Å²) in [5, 5.41) is 0. The highest BCUT2D eigenvalue weighted by Crippen LogP contribution is 2.55. The SMILES string of the molecule is CN1c2ccccc2C2(CCCC2)c2ccccc21. The molecule has 2 aromatic rings. The minimum atomic E-state index is 0.277. The third-order valence-corrected chi connectivity index (χ3v) is 5.02. The van der Waals surface area contributed by atoms with Gasteiger partial charge >= 0.3 is 0 Å². The number of nitrogens with zero attached hydrogens (tertiary/aromatic N) is 1. The van der Waals surface area contributed by atoms with Gasteiger partial charge in [0.1, 0.15) is 0 Å². The van der Waals surface area contributed by atoms with E-state index in [1.807, 2.05) is 0 Å². The van der Waals surface area contributed by atoms with E-state index in [0.717, 1.165) is 0 Å². The molecule has 1 heteroatoms. The zero-order valence-electron chi connectivity index (χ0n) is 11.4. The summed E-state index contributed by atoms with van der Waals surface area (Å²) >= 11 is 0. The molecule has 0 N–H and O–H groups in total. The van der Waals surface area contributed by atoms with E-state index in [1.165, 1.54) is 48.2 Å². The van der Waals surface area contributed by atoms with E-state index in [0.29, 0.717) is 0 Å². The molecule has 0 atom stereocenters. The monoisotopic (exact) mass is 249 g/mol. The Morgan fingerprint density at radius 2 is 1.26 bits per heavy atom. The van der Waals surface area contributed by atoms with Crippen LogP contribution < -0.4 is 4.90 Å². The number of para-hydroxylation sites is 2. The molecule has 0 amide bonds. The van der Waals surface area contributed by atoms with E-state index in [-0.39, 0.29) is 5.41 Å². The van der Waals surface area contributed by atoms with Crippen LogP contribution in [-0.2, 0) is 5.41 Å². The van der Waals surface area contributed by atoms with Crippen LogP contribution in [0.3, 0.4) is 0 Å². The van der Waals surface area contributed by atoms with Crippen LogP contribution in [0, 0.1) is 0 Å². The number of anilines is 2. The number of rotatable bonds is 0. The van der Waals surface area contributed by atoms with E-state index >= 15 is 0 Å². The smallest absolute Gasteiger partial charge is 0.0449 e. The minimum Gasteiger partial charge on any atom is -0.344 e. The van der Waals surface area contributed by atoms with Crippen LogP contribution in [0.5, 0.6) is 0 Å². The summed E-state index contributed by atoms with van der Waals surface area (Å²) in [5.74, 6) is 0. The van der Waals surface area contributed by atoms with E-state index in [9.17, 15) is 0 Å². The number of benzene rings is 2. The van der Waals surface area contributed by atoms with Crippen LogP contribution in [0.15, 0.2) is 48.5 Å². The lowest BCUT2D eigenvalue weighted by Crippen LogP contribution is -2.33. The van der Waals surface area contributed by atoms with Gasteiger partial charge in [0.15, 0.2) is 0 Å². The van der Waals surface area contributed by atoms with Crippen molar-refractivity contribution < 1.29 is 0 Å². The van der Waals surface area contributed by atoms with Crippen molar-refractivity contribution in [3.8, 4) is 0 Å². The van der Waals surface area contributed by atoms with Gasteiger partial charge in [-0.25, -0.2) is 0 Å². The van der Waals surface area contributed by atoms with Gasteiger partial charge in [-0.05, 0) is 36.1 Å². The molecule has 0 radical (unpaired) electrons. The summed E-state index contributed by atoms with van der Waals surface area (Å²) < 4.78 is 0. The first-order chi connectivity index (χ1) is 9.33. The van der Waals surface area contributed by atoms with Crippen LogP contribution >= 0.6 is 0 Å². The molecule has 0 bridgehead atoms. The van der Waals surface area contributed by atoms with Crippen LogP contribution in [-0.4, -0.2) is 7.05 Å². The van der Waals surface area contributed by atoms with E-state index in [4.69, 9.17) is 0 Å². The molecule has 4 rings (SSSR count). The van der Waals surface area contributed by atoms with Gasteiger partial charge in [0.25, 0.3) is 0 Å². The molecule has 2 aromatic carbocycles. The van der Waals surface area contributed by atoms with Crippen molar-refractivity contribution in [2.75, 3.05) is 11.9 Å². The fraction of sp³-hybridized carbons (Fsp3) is 0.333. The molecule has 2 aliphatic rings. The Balaban J connectivity index is 2.05. The first-order valence-electron chi connectivity index (χ1n) is 7.26. The van der Waals surface area contributed by atoms with Crippen molar-refractivity contribution in [1.29, 1.82) is 0 Å². The molecular formula is C18H19N. The summed E-state index contributed by atoms with van der Waals surface area (Å²) in [7, 11) is 2.19. The highest BCUT2D eigenvalue weighted by atomic mass is 15.1. The van der Waals surface area contributed by atoms with Crippen molar-refractivity contribution in [2.24, 2.45) is 0 Å². The molecular weight excluding hydrogens is 230 g/mol. The van der Waals surface area contributed by atoms with Crippen LogP contribution in [0.25, 0.3) is 0 Å². The van der Waals surface area contributed by atoms with Gasteiger partial charge in [0, 0.05) is 23.8 Å². The van der Waals surface area contributed by atoms with Crippen molar-refractivity contribution in [3.63, 3.8) is 0 Å². The highest BCUT2D eigenvalue weighted by molar-refractivity contribution is 5.77. The Morgan fingerprint density at radius 3 is 1.79 bits per heavy atom. The third kappa shape index (κ3) is 1.36. The standard InChI is InChI=1S/C18H19N/c1-19-16-10-4-2-8-14(16)18(12-6-7-13-18)15-9-3-5-11-17(15)19/h2-5,8-11H,6-7,12-13H2,1H3. The van der Waals surface area contributed by atoms with E-state index < -0.39 is 0 Å². The fourth-order valence-corrected chi connectivity index (χ4v) is 4.13. The largest absolute Gasteiger partial charge is 0.344 e. The Kier molecular flexibility index (Phi) is 2.26. The van der Waals surface area contributed by atoms with Gasteiger partial charge in [-0.3, -0.25) is 0 Å².